The Morgan fingerprint density at radius 1 is 1.00 bits per heavy atom. The molecule has 0 saturated carbocycles. The summed E-state index contributed by atoms with van der Waals surface area (Å²) in [4.78, 5) is 11.5. The first-order valence-electron chi connectivity index (χ1n) is 7.57. The van der Waals surface area contributed by atoms with Gasteiger partial charge < -0.3 is 10.2 Å². The smallest absolute Gasteiger partial charge is 0.227 e. The van der Waals surface area contributed by atoms with Crippen molar-refractivity contribution >= 4 is 17.5 Å². The lowest BCUT2D eigenvalue weighted by atomic mass is 10.1. The SMILES string of the molecule is Cc1cc(Nc2c(C)cccc2C)nc(N2CCCC2)n1. The van der Waals surface area contributed by atoms with Crippen LogP contribution in [0.4, 0.5) is 17.5 Å². The minimum Gasteiger partial charge on any atom is -0.341 e. The molecule has 2 heterocycles. The van der Waals surface area contributed by atoms with Crippen LogP contribution in [0, 0.1) is 20.8 Å². The molecule has 0 atom stereocenters. The molecular formula is C17H22N4. The van der Waals surface area contributed by atoms with Crippen molar-refractivity contribution in [2.45, 2.75) is 33.6 Å². The summed E-state index contributed by atoms with van der Waals surface area (Å²) in [6.45, 7) is 8.38. The lowest BCUT2D eigenvalue weighted by Gasteiger charge is -2.18. The molecule has 4 nitrogen and oxygen atoms in total. The highest BCUT2D eigenvalue weighted by atomic mass is 15.3. The molecule has 1 aliphatic heterocycles. The third-order valence-electron chi connectivity index (χ3n) is 3.97. The zero-order chi connectivity index (χ0) is 14.8. The van der Waals surface area contributed by atoms with E-state index in [1.807, 2.05) is 13.0 Å². The second-order valence-corrected chi connectivity index (χ2v) is 5.78. The van der Waals surface area contributed by atoms with Gasteiger partial charge in [0, 0.05) is 30.5 Å². The summed E-state index contributed by atoms with van der Waals surface area (Å²) >= 11 is 0. The van der Waals surface area contributed by atoms with E-state index in [2.05, 4.69) is 47.2 Å². The molecule has 1 aromatic carbocycles. The van der Waals surface area contributed by atoms with Crippen LogP contribution in [0.25, 0.3) is 0 Å². The molecule has 0 spiro atoms. The molecule has 4 heteroatoms. The summed E-state index contributed by atoms with van der Waals surface area (Å²) in [5.41, 5.74) is 4.60. The molecule has 1 fully saturated rings. The van der Waals surface area contributed by atoms with Gasteiger partial charge in [0.2, 0.25) is 5.95 Å². The zero-order valence-electron chi connectivity index (χ0n) is 13.0. The van der Waals surface area contributed by atoms with Crippen LogP contribution >= 0.6 is 0 Å². The number of hydrogen-bond acceptors (Lipinski definition) is 4. The van der Waals surface area contributed by atoms with Crippen LogP contribution < -0.4 is 10.2 Å². The number of para-hydroxylation sites is 1. The van der Waals surface area contributed by atoms with Gasteiger partial charge in [-0.3, -0.25) is 0 Å². The van der Waals surface area contributed by atoms with Crippen LogP contribution in [-0.4, -0.2) is 23.1 Å². The summed E-state index contributed by atoms with van der Waals surface area (Å²) < 4.78 is 0. The molecule has 0 bridgehead atoms. The number of benzene rings is 1. The van der Waals surface area contributed by atoms with Crippen molar-refractivity contribution in [3.05, 3.63) is 41.1 Å². The summed E-state index contributed by atoms with van der Waals surface area (Å²) in [6.07, 6.45) is 2.47. The number of aromatic nitrogens is 2. The molecule has 21 heavy (non-hydrogen) atoms. The third-order valence-corrected chi connectivity index (χ3v) is 3.97. The van der Waals surface area contributed by atoms with E-state index in [1.165, 1.54) is 24.0 Å². The molecule has 110 valence electrons. The monoisotopic (exact) mass is 282 g/mol. The zero-order valence-corrected chi connectivity index (χ0v) is 13.0. The molecule has 2 aromatic rings. The normalized spacial score (nSPS) is 14.5. The lowest BCUT2D eigenvalue weighted by Crippen LogP contribution is -2.21. The molecule has 1 saturated heterocycles. The van der Waals surface area contributed by atoms with Gasteiger partial charge in [-0.05, 0) is 44.7 Å². The van der Waals surface area contributed by atoms with Gasteiger partial charge in [0.15, 0.2) is 0 Å². The molecule has 1 N–H and O–H groups in total. The van der Waals surface area contributed by atoms with Gasteiger partial charge in [-0.2, -0.15) is 4.98 Å². The van der Waals surface area contributed by atoms with Crippen molar-refractivity contribution in [1.82, 2.24) is 9.97 Å². The average molecular weight is 282 g/mol. The van der Waals surface area contributed by atoms with Gasteiger partial charge in [0.25, 0.3) is 0 Å². The number of rotatable bonds is 3. The van der Waals surface area contributed by atoms with Gasteiger partial charge in [0.1, 0.15) is 5.82 Å². The lowest BCUT2D eigenvalue weighted by molar-refractivity contribution is 0.891. The van der Waals surface area contributed by atoms with E-state index in [4.69, 9.17) is 4.98 Å². The minimum atomic E-state index is 0.848. The molecule has 0 unspecified atom stereocenters. The van der Waals surface area contributed by atoms with Crippen molar-refractivity contribution in [2.75, 3.05) is 23.3 Å². The van der Waals surface area contributed by atoms with E-state index in [9.17, 15) is 0 Å². The largest absolute Gasteiger partial charge is 0.341 e. The van der Waals surface area contributed by atoms with E-state index in [0.717, 1.165) is 36.2 Å². The van der Waals surface area contributed by atoms with Crippen LogP contribution in [0.2, 0.25) is 0 Å². The topological polar surface area (TPSA) is 41.1 Å². The van der Waals surface area contributed by atoms with Gasteiger partial charge in [-0.15, -0.1) is 0 Å². The number of anilines is 3. The van der Waals surface area contributed by atoms with E-state index in [0.29, 0.717) is 0 Å². The Morgan fingerprint density at radius 3 is 2.33 bits per heavy atom. The van der Waals surface area contributed by atoms with Gasteiger partial charge >= 0.3 is 0 Å². The molecule has 1 aliphatic rings. The predicted octanol–water partition coefficient (Wildman–Crippen LogP) is 3.75. The van der Waals surface area contributed by atoms with Crippen LogP contribution in [0.5, 0.6) is 0 Å². The van der Waals surface area contributed by atoms with Crippen LogP contribution in [0.3, 0.4) is 0 Å². The van der Waals surface area contributed by atoms with Crippen LogP contribution in [0.15, 0.2) is 24.3 Å². The van der Waals surface area contributed by atoms with E-state index in [-0.39, 0.29) is 0 Å². The maximum absolute atomic E-state index is 4.70. The highest BCUT2D eigenvalue weighted by Crippen LogP contribution is 2.25. The first-order valence-corrected chi connectivity index (χ1v) is 7.57. The fraction of sp³-hybridized carbons (Fsp3) is 0.412. The molecule has 1 aromatic heterocycles. The molecular weight excluding hydrogens is 260 g/mol. The number of nitrogens with one attached hydrogen (secondary N) is 1. The highest BCUT2D eigenvalue weighted by Gasteiger charge is 2.16. The fourth-order valence-electron chi connectivity index (χ4n) is 2.82. The Balaban J connectivity index is 1.91. The second-order valence-electron chi connectivity index (χ2n) is 5.78. The van der Waals surface area contributed by atoms with E-state index in [1.54, 1.807) is 0 Å². The van der Waals surface area contributed by atoms with Crippen LogP contribution in [-0.2, 0) is 0 Å². The van der Waals surface area contributed by atoms with Crippen LogP contribution in [0.1, 0.15) is 29.7 Å². The fourth-order valence-corrected chi connectivity index (χ4v) is 2.82. The van der Waals surface area contributed by atoms with Crippen molar-refractivity contribution < 1.29 is 0 Å². The molecule has 0 radical (unpaired) electrons. The number of aryl methyl sites for hydroxylation is 3. The molecule has 0 amide bonds. The highest BCUT2D eigenvalue weighted by molar-refractivity contribution is 5.65. The Labute approximate surface area is 126 Å². The predicted molar refractivity (Wildman–Crippen MR) is 87.4 cm³/mol. The summed E-state index contributed by atoms with van der Waals surface area (Å²) in [7, 11) is 0. The third kappa shape index (κ3) is 2.99. The van der Waals surface area contributed by atoms with Crippen molar-refractivity contribution in [1.29, 1.82) is 0 Å². The summed E-state index contributed by atoms with van der Waals surface area (Å²) in [5, 5.41) is 3.47. The second kappa shape index (κ2) is 5.72. The Hall–Kier alpha value is -2.10. The number of hydrogen-bond donors (Lipinski definition) is 1. The van der Waals surface area contributed by atoms with Gasteiger partial charge in [-0.1, -0.05) is 18.2 Å². The van der Waals surface area contributed by atoms with Crippen molar-refractivity contribution in [2.24, 2.45) is 0 Å². The van der Waals surface area contributed by atoms with Crippen molar-refractivity contribution in [3.63, 3.8) is 0 Å². The summed E-state index contributed by atoms with van der Waals surface area (Å²) in [5.74, 6) is 1.73. The maximum Gasteiger partial charge on any atom is 0.227 e. The van der Waals surface area contributed by atoms with E-state index >= 15 is 0 Å². The van der Waals surface area contributed by atoms with E-state index < -0.39 is 0 Å². The Bertz CT molecular complexity index is 625. The summed E-state index contributed by atoms with van der Waals surface area (Å²) in [6, 6.07) is 8.32. The standard InChI is InChI=1S/C17H22N4/c1-12-7-6-8-13(2)16(12)19-15-11-14(3)18-17(20-15)21-9-4-5-10-21/h6-8,11H,4-5,9-10H2,1-3H3,(H,18,19,20). The van der Waals surface area contributed by atoms with Crippen molar-refractivity contribution in [3.8, 4) is 0 Å². The quantitative estimate of drug-likeness (QED) is 0.931. The first kappa shape index (κ1) is 13.9. The Morgan fingerprint density at radius 2 is 1.67 bits per heavy atom. The minimum absolute atomic E-state index is 0.848. The molecule has 0 aliphatic carbocycles. The number of nitrogens with zero attached hydrogens (tertiary/aromatic N) is 3. The van der Waals surface area contributed by atoms with Gasteiger partial charge in [0.05, 0.1) is 0 Å². The van der Waals surface area contributed by atoms with Gasteiger partial charge in [-0.25, -0.2) is 4.98 Å². The molecule has 3 rings (SSSR count). The average Bonchev–Trinajstić information content (AvgIpc) is 2.97. The first-order chi connectivity index (χ1) is 10.1. The Kier molecular flexibility index (Phi) is 3.78. The maximum atomic E-state index is 4.70.